The lowest BCUT2D eigenvalue weighted by atomic mass is 9.97. The summed E-state index contributed by atoms with van der Waals surface area (Å²) in [6.45, 7) is 3.73. The van der Waals surface area contributed by atoms with Crippen LogP contribution in [-0.2, 0) is 0 Å². The molecular weight excluding hydrogens is 344 g/mol. The summed E-state index contributed by atoms with van der Waals surface area (Å²) in [6, 6.07) is 14.3. The maximum absolute atomic E-state index is 12.5. The highest BCUT2D eigenvalue weighted by Crippen LogP contribution is 2.24. The van der Waals surface area contributed by atoms with Gasteiger partial charge in [0.2, 0.25) is 0 Å². The molecular formula is C21H26N2O4. The third-order valence-corrected chi connectivity index (χ3v) is 4.00. The third-order valence-electron chi connectivity index (χ3n) is 4.00. The number of carbonyl (C=O) groups excluding carboxylic acids is 2. The zero-order valence-electron chi connectivity index (χ0n) is 15.6. The van der Waals surface area contributed by atoms with E-state index in [2.05, 4.69) is 10.6 Å². The predicted molar refractivity (Wildman–Crippen MR) is 105 cm³/mol. The second-order valence-corrected chi connectivity index (χ2v) is 6.64. The van der Waals surface area contributed by atoms with Crippen LogP contribution in [0.3, 0.4) is 0 Å². The van der Waals surface area contributed by atoms with Crippen LogP contribution in [0.2, 0.25) is 0 Å². The lowest BCUT2D eigenvalue weighted by Gasteiger charge is -2.13. The molecule has 6 nitrogen and oxygen atoms in total. The molecule has 6 heteroatoms. The smallest absolute Gasteiger partial charge is 0.252 e. The van der Waals surface area contributed by atoms with Crippen LogP contribution in [0.1, 0.15) is 41.0 Å². The van der Waals surface area contributed by atoms with Gasteiger partial charge in [-0.1, -0.05) is 30.3 Å². The van der Waals surface area contributed by atoms with Gasteiger partial charge in [0.15, 0.2) is 0 Å². The average Bonchev–Trinajstić information content (AvgIpc) is 2.67. The minimum Gasteiger partial charge on any atom is -0.394 e. The monoisotopic (exact) mass is 370 g/mol. The number of amides is 2. The Labute approximate surface area is 159 Å². The second-order valence-electron chi connectivity index (χ2n) is 6.64. The third kappa shape index (κ3) is 5.91. The molecule has 2 amide bonds. The zero-order chi connectivity index (χ0) is 19.8. The molecule has 2 aromatic carbocycles. The average molecular weight is 370 g/mol. The van der Waals surface area contributed by atoms with E-state index in [9.17, 15) is 14.7 Å². The van der Waals surface area contributed by atoms with Crippen molar-refractivity contribution in [2.24, 2.45) is 0 Å². The Morgan fingerprint density at radius 2 is 1.78 bits per heavy atom. The van der Waals surface area contributed by atoms with E-state index in [0.29, 0.717) is 11.1 Å². The highest BCUT2D eigenvalue weighted by Gasteiger charge is 2.14. The van der Waals surface area contributed by atoms with Crippen LogP contribution in [-0.4, -0.2) is 47.3 Å². The molecule has 2 rings (SSSR count). The van der Waals surface area contributed by atoms with Crippen LogP contribution in [0.5, 0.6) is 0 Å². The van der Waals surface area contributed by atoms with Gasteiger partial charge in [0.1, 0.15) is 0 Å². The number of hydrogen-bond donors (Lipinski definition) is 4. The van der Waals surface area contributed by atoms with Crippen molar-refractivity contribution in [2.45, 2.75) is 32.4 Å². The van der Waals surface area contributed by atoms with Gasteiger partial charge in [0.05, 0.1) is 12.7 Å². The number of rotatable bonds is 8. The normalized spacial score (nSPS) is 11.9. The van der Waals surface area contributed by atoms with E-state index in [1.54, 1.807) is 24.3 Å². The molecule has 27 heavy (non-hydrogen) atoms. The minimum absolute atomic E-state index is 0.0249. The van der Waals surface area contributed by atoms with Crippen LogP contribution in [0, 0.1) is 0 Å². The van der Waals surface area contributed by atoms with Gasteiger partial charge in [0.25, 0.3) is 11.8 Å². The molecule has 2 aromatic rings. The Bertz CT molecular complexity index is 789. The minimum atomic E-state index is -0.844. The number of carbonyl (C=O) groups is 2. The molecule has 4 N–H and O–H groups in total. The number of aliphatic hydroxyl groups is 2. The molecule has 0 aromatic heterocycles. The maximum Gasteiger partial charge on any atom is 0.252 e. The van der Waals surface area contributed by atoms with E-state index in [4.69, 9.17) is 5.11 Å². The highest BCUT2D eigenvalue weighted by molar-refractivity contribution is 6.02. The van der Waals surface area contributed by atoms with E-state index < -0.39 is 6.10 Å². The summed E-state index contributed by atoms with van der Waals surface area (Å²) in [4.78, 5) is 24.8. The summed E-state index contributed by atoms with van der Waals surface area (Å²) in [6.07, 6.45) is -0.567. The summed E-state index contributed by atoms with van der Waals surface area (Å²) in [7, 11) is 0. The number of aliphatic hydroxyl groups excluding tert-OH is 2. The molecule has 0 fully saturated rings. The SMILES string of the molecule is CC(C)NC(=O)c1ccccc1-c1cccc(C(=O)NCC[C@@H](O)CO)c1. The molecule has 0 saturated carbocycles. The van der Waals surface area contributed by atoms with Crippen molar-refractivity contribution in [3.63, 3.8) is 0 Å². The fourth-order valence-corrected chi connectivity index (χ4v) is 2.65. The molecule has 0 aliphatic heterocycles. The first-order valence-electron chi connectivity index (χ1n) is 8.99. The molecule has 0 aliphatic carbocycles. The Hall–Kier alpha value is -2.70. The molecule has 144 valence electrons. The molecule has 0 unspecified atom stereocenters. The lowest BCUT2D eigenvalue weighted by Crippen LogP contribution is -2.30. The number of hydrogen-bond acceptors (Lipinski definition) is 4. The van der Waals surface area contributed by atoms with Crippen LogP contribution >= 0.6 is 0 Å². The molecule has 0 bridgehead atoms. The second kappa shape index (κ2) is 9.85. The lowest BCUT2D eigenvalue weighted by molar-refractivity contribution is 0.0834. The molecule has 0 spiro atoms. The fourth-order valence-electron chi connectivity index (χ4n) is 2.65. The van der Waals surface area contributed by atoms with Crippen molar-refractivity contribution in [2.75, 3.05) is 13.2 Å². The standard InChI is InChI=1S/C21H26N2O4/c1-14(2)23-21(27)19-9-4-3-8-18(19)15-6-5-7-16(12-15)20(26)22-11-10-17(25)13-24/h3-9,12,14,17,24-25H,10-11,13H2,1-2H3,(H,22,26)(H,23,27)/t17-/m1/s1. The molecule has 0 aliphatic rings. The Kier molecular flexibility index (Phi) is 7.52. The Morgan fingerprint density at radius 1 is 1.04 bits per heavy atom. The van der Waals surface area contributed by atoms with Gasteiger partial charge in [-0.05, 0) is 49.6 Å². The van der Waals surface area contributed by atoms with Gasteiger partial charge in [-0.15, -0.1) is 0 Å². The quantitative estimate of drug-likeness (QED) is 0.571. The number of benzene rings is 2. The van der Waals surface area contributed by atoms with E-state index in [1.807, 2.05) is 38.1 Å². The fraction of sp³-hybridized carbons (Fsp3) is 0.333. The highest BCUT2D eigenvalue weighted by atomic mass is 16.3. The molecule has 0 heterocycles. The summed E-state index contributed by atoms with van der Waals surface area (Å²) in [5.74, 6) is -0.431. The predicted octanol–water partition coefficient (Wildman–Crippen LogP) is 1.96. The summed E-state index contributed by atoms with van der Waals surface area (Å²) >= 11 is 0. The first-order valence-corrected chi connectivity index (χ1v) is 8.99. The van der Waals surface area contributed by atoms with E-state index in [0.717, 1.165) is 11.1 Å². The van der Waals surface area contributed by atoms with Gasteiger partial charge < -0.3 is 20.8 Å². The van der Waals surface area contributed by atoms with E-state index >= 15 is 0 Å². The topological polar surface area (TPSA) is 98.7 Å². The van der Waals surface area contributed by atoms with Gasteiger partial charge in [-0.25, -0.2) is 0 Å². The van der Waals surface area contributed by atoms with Crippen molar-refractivity contribution in [1.82, 2.24) is 10.6 Å². The van der Waals surface area contributed by atoms with Crippen molar-refractivity contribution >= 4 is 11.8 Å². The first-order chi connectivity index (χ1) is 12.9. The van der Waals surface area contributed by atoms with Crippen LogP contribution in [0.4, 0.5) is 0 Å². The van der Waals surface area contributed by atoms with Gasteiger partial charge in [-0.3, -0.25) is 9.59 Å². The molecule has 1 atom stereocenters. The zero-order valence-corrected chi connectivity index (χ0v) is 15.6. The maximum atomic E-state index is 12.5. The van der Waals surface area contributed by atoms with Gasteiger partial charge in [0, 0.05) is 23.7 Å². The Morgan fingerprint density at radius 3 is 2.48 bits per heavy atom. The van der Waals surface area contributed by atoms with Crippen LogP contribution < -0.4 is 10.6 Å². The van der Waals surface area contributed by atoms with E-state index in [-0.39, 0.29) is 37.4 Å². The van der Waals surface area contributed by atoms with Crippen molar-refractivity contribution in [3.05, 3.63) is 59.7 Å². The van der Waals surface area contributed by atoms with Crippen molar-refractivity contribution < 1.29 is 19.8 Å². The summed E-state index contributed by atoms with van der Waals surface area (Å²) < 4.78 is 0. The van der Waals surface area contributed by atoms with Crippen molar-refractivity contribution in [1.29, 1.82) is 0 Å². The van der Waals surface area contributed by atoms with E-state index in [1.165, 1.54) is 0 Å². The summed E-state index contributed by atoms with van der Waals surface area (Å²) in [5, 5.41) is 23.8. The molecule has 0 saturated heterocycles. The van der Waals surface area contributed by atoms with Crippen molar-refractivity contribution in [3.8, 4) is 11.1 Å². The van der Waals surface area contributed by atoms with Gasteiger partial charge >= 0.3 is 0 Å². The first kappa shape index (κ1) is 20.6. The largest absolute Gasteiger partial charge is 0.394 e. The van der Waals surface area contributed by atoms with Crippen LogP contribution in [0.25, 0.3) is 11.1 Å². The van der Waals surface area contributed by atoms with Crippen LogP contribution in [0.15, 0.2) is 48.5 Å². The number of nitrogens with one attached hydrogen (secondary N) is 2. The van der Waals surface area contributed by atoms with Gasteiger partial charge in [-0.2, -0.15) is 0 Å². The molecule has 0 radical (unpaired) electrons. The summed E-state index contributed by atoms with van der Waals surface area (Å²) in [5.41, 5.74) is 2.54. The Balaban J connectivity index is 2.20.